The first-order chi connectivity index (χ1) is 8.65. The van der Waals surface area contributed by atoms with Crippen LogP contribution in [-0.2, 0) is 9.53 Å². The van der Waals surface area contributed by atoms with Gasteiger partial charge in [0.2, 0.25) is 0 Å². The molecule has 0 aliphatic heterocycles. The van der Waals surface area contributed by atoms with Crippen molar-refractivity contribution in [1.29, 1.82) is 0 Å². The first-order valence-electron chi connectivity index (χ1n) is 5.83. The van der Waals surface area contributed by atoms with Crippen molar-refractivity contribution in [2.75, 3.05) is 33.4 Å². The summed E-state index contributed by atoms with van der Waals surface area (Å²) >= 11 is 0. The lowest BCUT2D eigenvalue weighted by Crippen LogP contribution is -2.33. The van der Waals surface area contributed by atoms with Crippen LogP contribution in [0.4, 0.5) is 4.39 Å². The highest BCUT2D eigenvalue weighted by Gasteiger charge is 2.08. The number of carbonyl (C=O) groups is 1. The maximum Gasteiger partial charge on any atom is 0.319 e. The van der Waals surface area contributed by atoms with E-state index in [9.17, 15) is 9.18 Å². The number of nitrogens with zero attached hydrogens (tertiary/aromatic N) is 1. The lowest BCUT2D eigenvalue weighted by atomic mass is 10.3. The second-order valence-corrected chi connectivity index (χ2v) is 3.75. The molecule has 0 fully saturated rings. The summed E-state index contributed by atoms with van der Waals surface area (Å²) in [6, 6.07) is 5.85. The van der Waals surface area contributed by atoms with Gasteiger partial charge in [-0.15, -0.1) is 0 Å². The molecule has 0 unspecified atom stereocenters. The summed E-state index contributed by atoms with van der Waals surface area (Å²) in [6.07, 6.45) is 0. The number of carbonyl (C=O) groups excluding carboxylic acids is 1. The molecule has 0 aliphatic rings. The Morgan fingerprint density at radius 1 is 1.33 bits per heavy atom. The maximum absolute atomic E-state index is 12.7. The molecule has 0 atom stereocenters. The summed E-state index contributed by atoms with van der Waals surface area (Å²) in [4.78, 5) is 13.0. The van der Waals surface area contributed by atoms with Gasteiger partial charge in [-0.2, -0.15) is 0 Å². The van der Waals surface area contributed by atoms with Crippen molar-refractivity contribution < 1.29 is 18.7 Å². The molecule has 1 rings (SSSR count). The number of methoxy groups -OCH3 is 1. The Kier molecular flexibility index (Phi) is 6.14. The SMILES string of the molecule is CCN(CCOc1ccc(F)cc1)CC(=O)OC. The van der Waals surface area contributed by atoms with Crippen LogP contribution in [0.5, 0.6) is 5.75 Å². The Labute approximate surface area is 106 Å². The minimum atomic E-state index is -0.289. The highest BCUT2D eigenvalue weighted by Crippen LogP contribution is 2.10. The van der Waals surface area contributed by atoms with Crippen LogP contribution in [0.25, 0.3) is 0 Å². The van der Waals surface area contributed by atoms with Gasteiger partial charge in [0.25, 0.3) is 0 Å². The van der Waals surface area contributed by atoms with Gasteiger partial charge in [-0.1, -0.05) is 6.92 Å². The topological polar surface area (TPSA) is 38.8 Å². The minimum Gasteiger partial charge on any atom is -0.492 e. The Morgan fingerprint density at radius 2 is 2.00 bits per heavy atom. The monoisotopic (exact) mass is 255 g/mol. The van der Waals surface area contributed by atoms with Crippen LogP contribution in [0.3, 0.4) is 0 Å². The van der Waals surface area contributed by atoms with Crippen LogP contribution < -0.4 is 4.74 Å². The molecule has 0 spiro atoms. The van der Waals surface area contributed by atoms with Crippen LogP contribution >= 0.6 is 0 Å². The third-order valence-electron chi connectivity index (χ3n) is 2.52. The Morgan fingerprint density at radius 3 is 2.56 bits per heavy atom. The second kappa shape index (κ2) is 7.66. The van der Waals surface area contributed by atoms with Crippen molar-refractivity contribution in [3.63, 3.8) is 0 Å². The van der Waals surface area contributed by atoms with E-state index in [1.54, 1.807) is 12.1 Å². The maximum atomic E-state index is 12.7. The van der Waals surface area contributed by atoms with Crippen LogP contribution in [0, 0.1) is 5.82 Å². The lowest BCUT2D eigenvalue weighted by molar-refractivity contribution is -0.141. The molecule has 1 aromatic carbocycles. The molecule has 0 heterocycles. The molecular formula is C13H18FNO3. The fraction of sp³-hybridized carbons (Fsp3) is 0.462. The number of halogens is 1. The smallest absolute Gasteiger partial charge is 0.319 e. The molecule has 0 saturated carbocycles. The number of ether oxygens (including phenoxy) is 2. The average molecular weight is 255 g/mol. The van der Waals surface area contributed by atoms with Crippen molar-refractivity contribution >= 4 is 5.97 Å². The fourth-order valence-electron chi connectivity index (χ4n) is 1.42. The summed E-state index contributed by atoms with van der Waals surface area (Å²) in [5, 5.41) is 0. The van der Waals surface area contributed by atoms with E-state index in [0.29, 0.717) is 18.9 Å². The molecule has 0 aromatic heterocycles. The number of likely N-dealkylation sites (N-methyl/N-ethyl adjacent to an activating group) is 1. The summed E-state index contributed by atoms with van der Waals surface area (Å²) < 4.78 is 22.7. The van der Waals surface area contributed by atoms with E-state index in [1.807, 2.05) is 11.8 Å². The predicted octanol–water partition coefficient (Wildman–Crippen LogP) is 1.70. The zero-order chi connectivity index (χ0) is 13.4. The summed E-state index contributed by atoms with van der Waals surface area (Å²) in [7, 11) is 1.37. The van der Waals surface area contributed by atoms with E-state index >= 15 is 0 Å². The summed E-state index contributed by atoms with van der Waals surface area (Å²) in [6.45, 7) is 4.00. The van der Waals surface area contributed by atoms with Crippen molar-refractivity contribution in [2.24, 2.45) is 0 Å². The molecule has 0 amide bonds. The summed E-state index contributed by atoms with van der Waals surface area (Å²) in [5.41, 5.74) is 0. The molecule has 4 nitrogen and oxygen atoms in total. The van der Waals surface area contributed by atoms with Crippen LogP contribution in [-0.4, -0.2) is 44.2 Å². The van der Waals surface area contributed by atoms with E-state index in [1.165, 1.54) is 19.2 Å². The van der Waals surface area contributed by atoms with Gasteiger partial charge in [0.05, 0.1) is 13.7 Å². The Balaban J connectivity index is 2.30. The zero-order valence-corrected chi connectivity index (χ0v) is 10.7. The lowest BCUT2D eigenvalue weighted by Gasteiger charge is -2.18. The van der Waals surface area contributed by atoms with Crippen LogP contribution in [0.1, 0.15) is 6.92 Å². The highest BCUT2D eigenvalue weighted by molar-refractivity contribution is 5.71. The second-order valence-electron chi connectivity index (χ2n) is 3.75. The molecule has 1 aromatic rings. The number of esters is 1. The molecule has 5 heteroatoms. The first-order valence-corrected chi connectivity index (χ1v) is 5.83. The van der Waals surface area contributed by atoms with Gasteiger partial charge >= 0.3 is 5.97 Å². The average Bonchev–Trinajstić information content (AvgIpc) is 2.39. The van der Waals surface area contributed by atoms with Crippen LogP contribution in [0.2, 0.25) is 0 Å². The number of rotatable bonds is 7. The molecule has 0 N–H and O–H groups in total. The first kappa shape index (κ1) is 14.4. The molecule has 0 saturated heterocycles. The van der Waals surface area contributed by atoms with Crippen molar-refractivity contribution in [3.8, 4) is 5.75 Å². The molecule has 100 valence electrons. The van der Waals surface area contributed by atoms with Crippen molar-refractivity contribution in [3.05, 3.63) is 30.1 Å². The minimum absolute atomic E-state index is 0.250. The molecule has 0 radical (unpaired) electrons. The van der Waals surface area contributed by atoms with Crippen molar-refractivity contribution in [1.82, 2.24) is 4.90 Å². The van der Waals surface area contributed by atoms with E-state index < -0.39 is 0 Å². The molecule has 0 bridgehead atoms. The van der Waals surface area contributed by atoms with E-state index in [-0.39, 0.29) is 18.3 Å². The van der Waals surface area contributed by atoms with E-state index in [0.717, 1.165) is 6.54 Å². The fourth-order valence-corrected chi connectivity index (χ4v) is 1.42. The van der Waals surface area contributed by atoms with Gasteiger partial charge < -0.3 is 9.47 Å². The third-order valence-corrected chi connectivity index (χ3v) is 2.52. The highest BCUT2D eigenvalue weighted by atomic mass is 19.1. The van der Waals surface area contributed by atoms with Gasteiger partial charge in [0.1, 0.15) is 18.2 Å². The third kappa shape index (κ3) is 5.14. The van der Waals surface area contributed by atoms with Gasteiger partial charge in [-0.3, -0.25) is 9.69 Å². The molecule has 0 aliphatic carbocycles. The van der Waals surface area contributed by atoms with E-state index in [4.69, 9.17) is 4.74 Å². The normalized spacial score (nSPS) is 10.4. The quantitative estimate of drug-likeness (QED) is 0.695. The molecule has 18 heavy (non-hydrogen) atoms. The number of hydrogen-bond acceptors (Lipinski definition) is 4. The van der Waals surface area contributed by atoms with Gasteiger partial charge in [0, 0.05) is 6.54 Å². The van der Waals surface area contributed by atoms with E-state index in [2.05, 4.69) is 4.74 Å². The Bertz CT molecular complexity index is 367. The van der Waals surface area contributed by atoms with Crippen molar-refractivity contribution in [2.45, 2.75) is 6.92 Å². The standard InChI is InChI=1S/C13H18FNO3/c1-3-15(10-13(16)17-2)8-9-18-12-6-4-11(14)5-7-12/h4-7H,3,8-10H2,1-2H3. The largest absolute Gasteiger partial charge is 0.492 e. The van der Waals surface area contributed by atoms with Crippen LogP contribution in [0.15, 0.2) is 24.3 Å². The summed E-state index contributed by atoms with van der Waals surface area (Å²) in [5.74, 6) is 0.0624. The van der Waals surface area contributed by atoms with Gasteiger partial charge in [-0.25, -0.2) is 4.39 Å². The number of hydrogen-bond donors (Lipinski definition) is 0. The predicted molar refractivity (Wildman–Crippen MR) is 66.0 cm³/mol. The number of benzene rings is 1. The zero-order valence-electron chi connectivity index (χ0n) is 10.7. The van der Waals surface area contributed by atoms with Gasteiger partial charge in [-0.05, 0) is 30.8 Å². The van der Waals surface area contributed by atoms with Gasteiger partial charge in [0.15, 0.2) is 0 Å². The molecular weight excluding hydrogens is 237 g/mol. The Hall–Kier alpha value is -1.62.